The van der Waals surface area contributed by atoms with Crippen LogP contribution in [0.2, 0.25) is 0 Å². The minimum Gasteiger partial charge on any atom is -0.467 e. The molecule has 0 fully saturated rings. The Balaban J connectivity index is 2.36. The predicted molar refractivity (Wildman–Crippen MR) is 60.4 cm³/mol. The van der Waals surface area contributed by atoms with Crippen molar-refractivity contribution in [3.05, 3.63) is 41.0 Å². The van der Waals surface area contributed by atoms with Gasteiger partial charge in [0.05, 0.1) is 16.9 Å². The molecular formula is C10H12BrN3O. The first kappa shape index (κ1) is 10.4. The van der Waals surface area contributed by atoms with Gasteiger partial charge in [0.25, 0.3) is 0 Å². The predicted octanol–water partition coefficient (Wildman–Crippen LogP) is 2.18. The van der Waals surface area contributed by atoms with Crippen molar-refractivity contribution in [2.24, 2.45) is 5.73 Å². The van der Waals surface area contributed by atoms with Gasteiger partial charge in [-0.1, -0.05) is 0 Å². The fourth-order valence-electron chi connectivity index (χ4n) is 1.56. The summed E-state index contributed by atoms with van der Waals surface area (Å²) in [7, 11) is 0. The van der Waals surface area contributed by atoms with Crippen LogP contribution in [0.15, 0.2) is 39.7 Å². The van der Waals surface area contributed by atoms with Crippen LogP contribution in [0.25, 0.3) is 0 Å². The molecule has 2 rings (SSSR count). The molecule has 0 aromatic carbocycles. The van der Waals surface area contributed by atoms with Crippen LogP contribution in [0.1, 0.15) is 18.7 Å². The average molecular weight is 270 g/mol. The molecule has 0 aliphatic heterocycles. The lowest BCUT2D eigenvalue weighted by atomic mass is 10.1. The van der Waals surface area contributed by atoms with Gasteiger partial charge in [-0.2, -0.15) is 5.10 Å². The lowest BCUT2D eigenvalue weighted by molar-refractivity contribution is 0.368. The Morgan fingerprint density at radius 3 is 2.87 bits per heavy atom. The first-order chi connectivity index (χ1) is 7.18. The van der Waals surface area contributed by atoms with E-state index in [1.807, 2.05) is 25.3 Å². The Labute approximate surface area is 96.2 Å². The second-order valence-electron chi connectivity index (χ2n) is 3.46. The van der Waals surface area contributed by atoms with E-state index in [-0.39, 0.29) is 12.1 Å². The smallest absolute Gasteiger partial charge is 0.129 e. The minimum atomic E-state index is -0.0667. The van der Waals surface area contributed by atoms with Crippen molar-refractivity contribution in [2.75, 3.05) is 0 Å². The van der Waals surface area contributed by atoms with Gasteiger partial charge in [-0.15, -0.1) is 0 Å². The minimum absolute atomic E-state index is 0.0636. The van der Waals surface area contributed by atoms with E-state index in [9.17, 15) is 0 Å². The van der Waals surface area contributed by atoms with Crippen molar-refractivity contribution in [1.82, 2.24) is 9.78 Å². The highest BCUT2D eigenvalue weighted by Gasteiger charge is 2.21. The molecule has 4 nitrogen and oxygen atoms in total. The van der Waals surface area contributed by atoms with Crippen molar-refractivity contribution in [3.8, 4) is 0 Å². The molecule has 0 amide bonds. The average Bonchev–Trinajstić information content (AvgIpc) is 2.77. The number of hydrogen-bond donors (Lipinski definition) is 1. The molecule has 0 aliphatic carbocycles. The first-order valence-electron chi connectivity index (χ1n) is 4.67. The summed E-state index contributed by atoms with van der Waals surface area (Å²) in [6, 6.07) is 3.63. The lowest BCUT2D eigenvalue weighted by Gasteiger charge is -2.18. The summed E-state index contributed by atoms with van der Waals surface area (Å²) in [6.45, 7) is 1.93. The van der Waals surface area contributed by atoms with Crippen LogP contribution >= 0.6 is 15.9 Å². The molecule has 2 N–H and O–H groups in total. The molecule has 0 bridgehead atoms. The zero-order valence-electron chi connectivity index (χ0n) is 8.30. The molecule has 15 heavy (non-hydrogen) atoms. The van der Waals surface area contributed by atoms with E-state index in [1.54, 1.807) is 17.1 Å². The molecule has 2 aromatic rings. The molecule has 2 aromatic heterocycles. The summed E-state index contributed by atoms with van der Waals surface area (Å²) in [5.41, 5.74) is 5.93. The van der Waals surface area contributed by atoms with Crippen molar-refractivity contribution >= 4 is 15.9 Å². The van der Waals surface area contributed by atoms with Crippen molar-refractivity contribution in [2.45, 2.75) is 19.0 Å². The van der Waals surface area contributed by atoms with Crippen LogP contribution < -0.4 is 5.73 Å². The fourth-order valence-corrected chi connectivity index (χ4v) is 1.86. The fraction of sp³-hybridized carbons (Fsp3) is 0.300. The van der Waals surface area contributed by atoms with E-state index in [0.717, 1.165) is 10.2 Å². The largest absolute Gasteiger partial charge is 0.467 e. The van der Waals surface area contributed by atoms with E-state index in [1.165, 1.54) is 0 Å². The van der Waals surface area contributed by atoms with E-state index in [4.69, 9.17) is 10.2 Å². The van der Waals surface area contributed by atoms with Gasteiger partial charge < -0.3 is 10.2 Å². The Hall–Kier alpha value is -1.07. The highest BCUT2D eigenvalue weighted by atomic mass is 79.9. The van der Waals surface area contributed by atoms with Gasteiger partial charge in [-0.05, 0) is 35.0 Å². The van der Waals surface area contributed by atoms with Crippen LogP contribution in [0.4, 0.5) is 0 Å². The van der Waals surface area contributed by atoms with Crippen molar-refractivity contribution in [1.29, 1.82) is 0 Å². The summed E-state index contributed by atoms with van der Waals surface area (Å²) >= 11 is 3.36. The molecule has 2 heterocycles. The molecule has 5 heteroatoms. The molecule has 2 unspecified atom stereocenters. The van der Waals surface area contributed by atoms with E-state index >= 15 is 0 Å². The third kappa shape index (κ3) is 2.13. The molecule has 0 saturated heterocycles. The zero-order valence-corrected chi connectivity index (χ0v) is 9.89. The van der Waals surface area contributed by atoms with Crippen LogP contribution in [-0.2, 0) is 0 Å². The van der Waals surface area contributed by atoms with Crippen molar-refractivity contribution < 1.29 is 4.42 Å². The Kier molecular flexibility index (Phi) is 2.93. The molecule has 0 radical (unpaired) electrons. The lowest BCUT2D eigenvalue weighted by Crippen LogP contribution is -2.30. The van der Waals surface area contributed by atoms with Gasteiger partial charge in [-0.3, -0.25) is 4.68 Å². The number of halogens is 1. The molecule has 2 atom stereocenters. The first-order valence-corrected chi connectivity index (χ1v) is 5.46. The number of rotatable bonds is 3. The van der Waals surface area contributed by atoms with Crippen LogP contribution in [0.3, 0.4) is 0 Å². The summed E-state index contributed by atoms with van der Waals surface area (Å²) in [5, 5.41) is 4.22. The van der Waals surface area contributed by atoms with Crippen LogP contribution in [-0.4, -0.2) is 15.8 Å². The summed E-state index contributed by atoms with van der Waals surface area (Å²) in [4.78, 5) is 0. The standard InChI is InChI=1S/C10H12BrN3O/c1-7(12)10(9-3-2-4-15-9)14-6-8(11)5-13-14/h2-7,10H,12H2,1H3. The second kappa shape index (κ2) is 4.20. The summed E-state index contributed by atoms with van der Waals surface area (Å²) in [5.74, 6) is 0.820. The second-order valence-corrected chi connectivity index (χ2v) is 4.37. The third-order valence-electron chi connectivity index (χ3n) is 2.19. The number of hydrogen-bond acceptors (Lipinski definition) is 3. The Morgan fingerprint density at radius 2 is 2.40 bits per heavy atom. The Morgan fingerprint density at radius 1 is 1.60 bits per heavy atom. The Bertz CT molecular complexity index is 422. The molecule has 0 aliphatic rings. The zero-order chi connectivity index (χ0) is 10.8. The molecule has 0 saturated carbocycles. The summed E-state index contributed by atoms with van der Waals surface area (Å²) in [6.07, 6.45) is 5.26. The third-order valence-corrected chi connectivity index (χ3v) is 2.60. The molecular weight excluding hydrogens is 258 g/mol. The maximum atomic E-state index is 5.93. The van der Waals surface area contributed by atoms with Gasteiger partial charge >= 0.3 is 0 Å². The highest BCUT2D eigenvalue weighted by Crippen LogP contribution is 2.22. The van der Waals surface area contributed by atoms with Crippen LogP contribution in [0, 0.1) is 0 Å². The maximum Gasteiger partial charge on any atom is 0.129 e. The van der Waals surface area contributed by atoms with E-state index in [2.05, 4.69) is 21.0 Å². The van der Waals surface area contributed by atoms with E-state index in [0.29, 0.717) is 0 Å². The maximum absolute atomic E-state index is 5.93. The molecule has 80 valence electrons. The number of nitrogens with two attached hydrogens (primary N) is 1. The van der Waals surface area contributed by atoms with Gasteiger partial charge in [0, 0.05) is 12.2 Å². The van der Waals surface area contributed by atoms with Gasteiger partial charge in [0.2, 0.25) is 0 Å². The SMILES string of the molecule is CC(N)C(c1ccco1)n1cc(Br)cn1. The summed E-state index contributed by atoms with van der Waals surface area (Å²) < 4.78 is 8.09. The van der Waals surface area contributed by atoms with Crippen LogP contribution in [0.5, 0.6) is 0 Å². The van der Waals surface area contributed by atoms with Gasteiger partial charge in [-0.25, -0.2) is 0 Å². The number of furan rings is 1. The van der Waals surface area contributed by atoms with Gasteiger partial charge in [0.1, 0.15) is 11.8 Å². The van der Waals surface area contributed by atoms with Crippen molar-refractivity contribution in [3.63, 3.8) is 0 Å². The topological polar surface area (TPSA) is 57.0 Å². The number of aromatic nitrogens is 2. The van der Waals surface area contributed by atoms with Gasteiger partial charge in [0.15, 0.2) is 0 Å². The number of nitrogens with zero attached hydrogens (tertiary/aromatic N) is 2. The quantitative estimate of drug-likeness (QED) is 0.929. The molecule has 0 spiro atoms. The normalized spacial score (nSPS) is 15.1. The highest BCUT2D eigenvalue weighted by molar-refractivity contribution is 9.10. The van der Waals surface area contributed by atoms with E-state index < -0.39 is 0 Å². The monoisotopic (exact) mass is 269 g/mol.